The van der Waals surface area contributed by atoms with Gasteiger partial charge in [0, 0.05) is 6.92 Å². The van der Waals surface area contributed by atoms with E-state index in [2.05, 4.69) is 15.5 Å². The average molecular weight is 300 g/mol. The van der Waals surface area contributed by atoms with E-state index in [-0.39, 0.29) is 17.0 Å². The summed E-state index contributed by atoms with van der Waals surface area (Å²) in [5.74, 6) is -2.06. The number of hydrogen-bond acceptors (Lipinski definition) is 6. The summed E-state index contributed by atoms with van der Waals surface area (Å²) < 4.78 is 43.3. The molecule has 0 radical (unpaired) electrons. The summed E-state index contributed by atoms with van der Waals surface area (Å²) in [6.07, 6.45) is -4.40. The Morgan fingerprint density at radius 2 is 2.10 bits per heavy atom. The highest BCUT2D eigenvalue weighted by Gasteiger charge is 2.38. The third kappa shape index (κ3) is 3.04. The second-order valence-corrected chi connectivity index (χ2v) is 3.85. The molecule has 1 heterocycles. The molecular weight excluding hydrogens is 293 g/mol. The Morgan fingerprint density at radius 1 is 1.38 bits per heavy atom. The van der Waals surface area contributed by atoms with Gasteiger partial charge in [-0.2, -0.15) is 17.9 Å². The molecule has 0 saturated heterocycles. The molecule has 110 valence electrons. The van der Waals surface area contributed by atoms with Crippen molar-refractivity contribution >= 4 is 12.3 Å². The first kappa shape index (κ1) is 14.6. The number of aldehydes is 1. The van der Waals surface area contributed by atoms with Crippen LogP contribution in [0.25, 0.3) is 5.69 Å². The summed E-state index contributed by atoms with van der Waals surface area (Å²) in [5, 5.41) is 9.08. The van der Waals surface area contributed by atoms with Gasteiger partial charge in [-0.1, -0.05) is 0 Å². The monoisotopic (exact) mass is 300 g/mol. The van der Waals surface area contributed by atoms with E-state index < -0.39 is 18.0 Å². The molecule has 0 unspecified atom stereocenters. The second-order valence-electron chi connectivity index (χ2n) is 3.85. The van der Waals surface area contributed by atoms with Crippen molar-refractivity contribution in [1.29, 1.82) is 0 Å². The van der Waals surface area contributed by atoms with Crippen LogP contribution >= 0.6 is 0 Å². The number of benzene rings is 1. The van der Waals surface area contributed by atoms with Gasteiger partial charge in [-0.25, -0.2) is 0 Å². The molecule has 0 bridgehead atoms. The highest BCUT2D eigenvalue weighted by atomic mass is 19.4. The summed E-state index contributed by atoms with van der Waals surface area (Å²) in [4.78, 5) is 21.8. The van der Waals surface area contributed by atoms with E-state index in [9.17, 15) is 22.8 Å². The van der Waals surface area contributed by atoms with Gasteiger partial charge in [-0.05, 0) is 28.6 Å². The number of carbonyl (C=O) groups is 2. The van der Waals surface area contributed by atoms with Gasteiger partial charge in [-0.15, -0.1) is 5.10 Å². The number of hydrogen-bond donors (Lipinski definition) is 0. The van der Waals surface area contributed by atoms with E-state index in [1.165, 1.54) is 12.1 Å². The van der Waals surface area contributed by atoms with Crippen LogP contribution in [-0.4, -0.2) is 32.5 Å². The lowest BCUT2D eigenvalue weighted by Crippen LogP contribution is -2.15. The molecule has 7 nitrogen and oxygen atoms in total. The fourth-order valence-electron chi connectivity index (χ4n) is 1.55. The molecule has 0 aliphatic heterocycles. The molecule has 0 N–H and O–H groups in total. The maximum atomic E-state index is 12.7. The molecule has 0 spiro atoms. The Labute approximate surface area is 115 Å². The maximum absolute atomic E-state index is 12.7. The van der Waals surface area contributed by atoms with Gasteiger partial charge in [-0.3, -0.25) is 9.59 Å². The van der Waals surface area contributed by atoms with Crippen LogP contribution < -0.4 is 4.74 Å². The third-order valence-corrected chi connectivity index (χ3v) is 2.34. The van der Waals surface area contributed by atoms with Gasteiger partial charge >= 0.3 is 12.1 Å². The Kier molecular flexibility index (Phi) is 3.70. The molecule has 10 heteroatoms. The zero-order valence-corrected chi connectivity index (χ0v) is 10.5. The van der Waals surface area contributed by atoms with Crippen LogP contribution in [0.15, 0.2) is 18.2 Å². The van der Waals surface area contributed by atoms with E-state index >= 15 is 0 Å². The summed E-state index contributed by atoms with van der Waals surface area (Å²) in [5.41, 5.74) is -0.198. The van der Waals surface area contributed by atoms with Crippen LogP contribution in [-0.2, 0) is 11.0 Å². The Bertz CT molecular complexity index is 696. The normalized spacial score (nSPS) is 11.2. The van der Waals surface area contributed by atoms with Crippen LogP contribution in [0.3, 0.4) is 0 Å². The summed E-state index contributed by atoms with van der Waals surface area (Å²) in [7, 11) is 0. The van der Waals surface area contributed by atoms with E-state index in [1.807, 2.05) is 0 Å². The van der Waals surface area contributed by atoms with E-state index in [4.69, 9.17) is 4.74 Å². The van der Waals surface area contributed by atoms with Gasteiger partial charge in [0.2, 0.25) is 0 Å². The van der Waals surface area contributed by atoms with Crippen molar-refractivity contribution in [3.8, 4) is 11.4 Å². The minimum Gasteiger partial charge on any atom is -0.426 e. The maximum Gasteiger partial charge on any atom is 0.453 e. The zero-order chi connectivity index (χ0) is 15.6. The molecule has 0 aliphatic rings. The predicted molar refractivity (Wildman–Crippen MR) is 60.9 cm³/mol. The van der Waals surface area contributed by atoms with Gasteiger partial charge in [0.1, 0.15) is 5.75 Å². The van der Waals surface area contributed by atoms with Crippen LogP contribution in [0.1, 0.15) is 23.1 Å². The van der Waals surface area contributed by atoms with Crippen molar-refractivity contribution in [2.24, 2.45) is 0 Å². The smallest absolute Gasteiger partial charge is 0.426 e. The standard InChI is InChI=1S/C11H7F3N4O3/c1-6(20)21-9-3-2-8(4-7(9)5-19)18-10(11(12,13)14)15-16-17-18/h2-5H,1H3. The molecule has 0 amide bonds. The highest BCUT2D eigenvalue weighted by Crippen LogP contribution is 2.29. The molecular formula is C11H7F3N4O3. The lowest BCUT2D eigenvalue weighted by Gasteiger charge is -2.09. The number of esters is 1. The topological polar surface area (TPSA) is 87.0 Å². The molecule has 0 aliphatic carbocycles. The number of halogens is 3. The van der Waals surface area contributed by atoms with Gasteiger partial charge in [0.05, 0.1) is 11.3 Å². The number of nitrogens with zero attached hydrogens (tertiary/aromatic N) is 4. The second kappa shape index (κ2) is 5.31. The van der Waals surface area contributed by atoms with E-state index in [0.29, 0.717) is 11.0 Å². The van der Waals surface area contributed by atoms with E-state index in [0.717, 1.165) is 13.0 Å². The fraction of sp³-hybridized carbons (Fsp3) is 0.182. The molecule has 0 atom stereocenters. The summed E-state index contributed by atoms with van der Waals surface area (Å²) in [6, 6.07) is 3.45. The largest absolute Gasteiger partial charge is 0.453 e. The Morgan fingerprint density at radius 3 is 2.67 bits per heavy atom. The zero-order valence-electron chi connectivity index (χ0n) is 10.5. The number of tetrazole rings is 1. The number of alkyl halides is 3. The molecule has 0 fully saturated rings. The van der Waals surface area contributed by atoms with Crippen LogP contribution in [0.4, 0.5) is 13.2 Å². The molecule has 1 aromatic carbocycles. The quantitative estimate of drug-likeness (QED) is 0.484. The lowest BCUT2D eigenvalue weighted by atomic mass is 10.2. The summed E-state index contributed by atoms with van der Waals surface area (Å²) >= 11 is 0. The predicted octanol–water partition coefficient (Wildman–Crippen LogP) is 1.42. The highest BCUT2D eigenvalue weighted by molar-refractivity contribution is 5.82. The minimum absolute atomic E-state index is 0.0668. The first-order valence-corrected chi connectivity index (χ1v) is 5.46. The van der Waals surface area contributed by atoms with E-state index in [1.54, 1.807) is 0 Å². The number of carbonyl (C=O) groups excluding carboxylic acids is 2. The van der Waals surface area contributed by atoms with Crippen LogP contribution in [0, 0.1) is 0 Å². The Balaban J connectivity index is 2.49. The molecule has 2 aromatic rings. The first-order chi connectivity index (χ1) is 9.82. The number of aromatic nitrogens is 4. The first-order valence-electron chi connectivity index (χ1n) is 5.46. The number of rotatable bonds is 3. The summed E-state index contributed by atoms with van der Waals surface area (Å²) in [6.45, 7) is 1.13. The van der Waals surface area contributed by atoms with Crippen molar-refractivity contribution in [1.82, 2.24) is 20.2 Å². The molecule has 0 saturated carbocycles. The van der Waals surface area contributed by atoms with Crippen LogP contribution in [0.5, 0.6) is 5.75 Å². The molecule has 1 aromatic heterocycles. The number of ether oxygens (including phenoxy) is 1. The lowest BCUT2D eigenvalue weighted by molar-refractivity contribution is -0.146. The molecule has 2 rings (SSSR count). The van der Waals surface area contributed by atoms with Crippen molar-refractivity contribution in [2.45, 2.75) is 13.1 Å². The fourth-order valence-corrected chi connectivity index (χ4v) is 1.55. The van der Waals surface area contributed by atoms with Crippen molar-refractivity contribution in [2.75, 3.05) is 0 Å². The SMILES string of the molecule is CC(=O)Oc1ccc(-n2nnnc2C(F)(F)F)cc1C=O. The average Bonchev–Trinajstić information content (AvgIpc) is 2.87. The molecule has 21 heavy (non-hydrogen) atoms. The third-order valence-electron chi connectivity index (χ3n) is 2.34. The van der Waals surface area contributed by atoms with Gasteiger partial charge in [0.15, 0.2) is 6.29 Å². The van der Waals surface area contributed by atoms with Crippen molar-refractivity contribution in [3.63, 3.8) is 0 Å². The van der Waals surface area contributed by atoms with Crippen molar-refractivity contribution < 1.29 is 27.5 Å². The van der Waals surface area contributed by atoms with Gasteiger partial charge in [0.25, 0.3) is 5.82 Å². The Hall–Kier alpha value is -2.78. The van der Waals surface area contributed by atoms with Crippen LogP contribution in [0.2, 0.25) is 0 Å². The minimum atomic E-state index is -4.75. The van der Waals surface area contributed by atoms with Gasteiger partial charge < -0.3 is 4.74 Å². The van der Waals surface area contributed by atoms with Crippen molar-refractivity contribution in [3.05, 3.63) is 29.6 Å².